The van der Waals surface area contributed by atoms with Crippen molar-refractivity contribution in [3.8, 4) is 0 Å². The van der Waals surface area contributed by atoms with Crippen LogP contribution in [0.5, 0.6) is 0 Å². The second kappa shape index (κ2) is 5.31. The van der Waals surface area contributed by atoms with Crippen LogP contribution in [0.1, 0.15) is 38.3 Å². The zero-order valence-electron chi connectivity index (χ0n) is 10.4. The predicted octanol–water partition coefficient (Wildman–Crippen LogP) is 1.07. The molecule has 1 aliphatic heterocycles. The second-order valence-corrected chi connectivity index (χ2v) is 4.70. The first-order chi connectivity index (χ1) is 8.16. The minimum absolute atomic E-state index is 0.186. The first-order valence-electron chi connectivity index (χ1n) is 6.17. The van der Waals surface area contributed by atoms with E-state index >= 15 is 0 Å². The Morgan fingerprint density at radius 2 is 2.29 bits per heavy atom. The van der Waals surface area contributed by atoms with Crippen LogP contribution in [-0.2, 0) is 4.79 Å². The number of carbonyl (C=O) groups excluding carboxylic acids is 1. The molecule has 1 fully saturated rings. The van der Waals surface area contributed by atoms with Gasteiger partial charge in [-0.3, -0.25) is 9.89 Å². The van der Waals surface area contributed by atoms with Crippen LogP contribution in [0.4, 0.5) is 0 Å². The summed E-state index contributed by atoms with van der Waals surface area (Å²) in [4.78, 5) is 13.1. The van der Waals surface area contributed by atoms with Gasteiger partial charge in [0.05, 0.1) is 6.20 Å². The van der Waals surface area contributed by atoms with Crippen LogP contribution < -0.4 is 5.32 Å². The van der Waals surface area contributed by atoms with Crippen LogP contribution in [0.3, 0.4) is 0 Å². The van der Waals surface area contributed by atoms with Gasteiger partial charge in [-0.05, 0) is 19.8 Å². The maximum atomic E-state index is 11.2. The lowest BCUT2D eigenvalue weighted by Gasteiger charge is -2.33. The first-order valence-corrected chi connectivity index (χ1v) is 6.17. The normalized spacial score (nSPS) is 19.3. The summed E-state index contributed by atoms with van der Waals surface area (Å²) in [6.45, 7) is 5.51. The number of piperidine rings is 1. The van der Waals surface area contributed by atoms with Crippen LogP contribution in [0.2, 0.25) is 0 Å². The van der Waals surface area contributed by atoms with Crippen molar-refractivity contribution in [1.82, 2.24) is 20.4 Å². The zero-order chi connectivity index (χ0) is 12.3. The average molecular weight is 236 g/mol. The standard InChI is InChI=1S/C12H20N4O/c1-9(11-7-13-14-8-11)15-12-3-5-16(6-4-12)10(2)17/h7-9,12,15H,3-6H2,1-2H3,(H,13,14). The van der Waals surface area contributed by atoms with Crippen molar-refractivity contribution < 1.29 is 4.79 Å². The van der Waals surface area contributed by atoms with Crippen LogP contribution in [-0.4, -0.2) is 40.1 Å². The molecular formula is C12H20N4O. The van der Waals surface area contributed by atoms with Crippen LogP contribution >= 0.6 is 0 Å². The van der Waals surface area contributed by atoms with Crippen molar-refractivity contribution in [2.45, 2.75) is 38.8 Å². The molecule has 0 aromatic carbocycles. The fourth-order valence-electron chi connectivity index (χ4n) is 2.31. The molecule has 0 spiro atoms. The quantitative estimate of drug-likeness (QED) is 0.825. The van der Waals surface area contributed by atoms with Crippen molar-refractivity contribution in [3.63, 3.8) is 0 Å². The van der Waals surface area contributed by atoms with Crippen molar-refractivity contribution in [1.29, 1.82) is 0 Å². The maximum Gasteiger partial charge on any atom is 0.219 e. The number of rotatable bonds is 3. The van der Waals surface area contributed by atoms with Gasteiger partial charge in [0, 0.05) is 43.9 Å². The van der Waals surface area contributed by atoms with E-state index in [1.807, 2.05) is 17.3 Å². The van der Waals surface area contributed by atoms with Gasteiger partial charge in [0.25, 0.3) is 0 Å². The van der Waals surface area contributed by atoms with Crippen LogP contribution in [0.25, 0.3) is 0 Å². The van der Waals surface area contributed by atoms with E-state index in [-0.39, 0.29) is 5.91 Å². The lowest BCUT2D eigenvalue weighted by atomic mass is 10.0. The molecule has 1 aromatic heterocycles. The monoisotopic (exact) mass is 236 g/mol. The molecule has 2 rings (SSSR count). The molecule has 0 aliphatic carbocycles. The zero-order valence-corrected chi connectivity index (χ0v) is 10.4. The molecule has 94 valence electrons. The number of nitrogens with one attached hydrogen (secondary N) is 2. The Morgan fingerprint density at radius 1 is 1.59 bits per heavy atom. The average Bonchev–Trinajstić information content (AvgIpc) is 2.83. The third kappa shape index (κ3) is 3.06. The number of hydrogen-bond acceptors (Lipinski definition) is 3. The number of hydrogen-bond donors (Lipinski definition) is 2. The minimum Gasteiger partial charge on any atom is -0.343 e. The topological polar surface area (TPSA) is 61.0 Å². The number of nitrogens with zero attached hydrogens (tertiary/aromatic N) is 2. The Balaban J connectivity index is 1.80. The third-order valence-corrected chi connectivity index (χ3v) is 3.45. The van der Waals surface area contributed by atoms with Crippen molar-refractivity contribution >= 4 is 5.91 Å². The van der Waals surface area contributed by atoms with Gasteiger partial charge in [-0.1, -0.05) is 0 Å². The molecular weight excluding hydrogens is 216 g/mol. The van der Waals surface area contributed by atoms with E-state index < -0.39 is 0 Å². The van der Waals surface area contributed by atoms with Gasteiger partial charge in [-0.25, -0.2) is 0 Å². The summed E-state index contributed by atoms with van der Waals surface area (Å²) >= 11 is 0. The highest BCUT2D eigenvalue weighted by Gasteiger charge is 2.22. The van der Waals surface area contributed by atoms with Gasteiger partial charge in [-0.15, -0.1) is 0 Å². The molecule has 1 saturated heterocycles. The number of aromatic amines is 1. The van der Waals surface area contributed by atoms with E-state index in [9.17, 15) is 4.79 Å². The van der Waals surface area contributed by atoms with Crippen LogP contribution in [0, 0.1) is 0 Å². The molecule has 0 saturated carbocycles. The molecule has 2 heterocycles. The van der Waals surface area contributed by atoms with E-state index in [4.69, 9.17) is 0 Å². The van der Waals surface area contributed by atoms with Gasteiger partial charge >= 0.3 is 0 Å². The number of H-pyrrole nitrogens is 1. The molecule has 1 aliphatic rings. The van der Waals surface area contributed by atoms with Crippen molar-refractivity contribution in [3.05, 3.63) is 18.0 Å². The van der Waals surface area contributed by atoms with Gasteiger partial charge in [0.1, 0.15) is 0 Å². The van der Waals surface area contributed by atoms with E-state index in [0.717, 1.165) is 25.9 Å². The fraction of sp³-hybridized carbons (Fsp3) is 0.667. The van der Waals surface area contributed by atoms with E-state index in [2.05, 4.69) is 22.4 Å². The highest BCUT2D eigenvalue weighted by molar-refractivity contribution is 5.73. The summed E-state index contributed by atoms with van der Waals surface area (Å²) in [5.74, 6) is 0.186. The Hall–Kier alpha value is -1.36. The van der Waals surface area contributed by atoms with E-state index in [0.29, 0.717) is 12.1 Å². The summed E-state index contributed by atoms with van der Waals surface area (Å²) in [7, 11) is 0. The minimum atomic E-state index is 0.186. The SMILES string of the molecule is CC(=O)N1CCC(NC(C)c2cn[nH]c2)CC1. The van der Waals surface area contributed by atoms with Gasteiger partial charge in [-0.2, -0.15) is 5.10 Å². The lowest BCUT2D eigenvalue weighted by Crippen LogP contribution is -2.44. The number of likely N-dealkylation sites (tertiary alicyclic amines) is 1. The molecule has 5 nitrogen and oxygen atoms in total. The molecule has 1 atom stereocenters. The van der Waals surface area contributed by atoms with Gasteiger partial charge < -0.3 is 10.2 Å². The van der Waals surface area contributed by atoms with Crippen molar-refractivity contribution in [2.75, 3.05) is 13.1 Å². The number of carbonyl (C=O) groups is 1. The number of aromatic nitrogens is 2. The smallest absolute Gasteiger partial charge is 0.219 e. The summed E-state index contributed by atoms with van der Waals surface area (Å²) < 4.78 is 0. The summed E-state index contributed by atoms with van der Waals surface area (Å²) in [6, 6.07) is 0.804. The Kier molecular flexibility index (Phi) is 3.78. The highest BCUT2D eigenvalue weighted by atomic mass is 16.2. The second-order valence-electron chi connectivity index (χ2n) is 4.70. The molecule has 1 aromatic rings. The molecule has 17 heavy (non-hydrogen) atoms. The summed E-state index contributed by atoms with van der Waals surface area (Å²) in [6.07, 6.45) is 5.83. The number of amides is 1. The van der Waals surface area contributed by atoms with Crippen LogP contribution in [0.15, 0.2) is 12.4 Å². The predicted molar refractivity (Wildman–Crippen MR) is 65.4 cm³/mol. The lowest BCUT2D eigenvalue weighted by molar-refractivity contribution is -0.129. The molecule has 0 radical (unpaired) electrons. The molecule has 1 unspecified atom stereocenters. The third-order valence-electron chi connectivity index (χ3n) is 3.45. The Morgan fingerprint density at radius 3 is 2.82 bits per heavy atom. The first kappa shape index (κ1) is 12.1. The van der Waals surface area contributed by atoms with Gasteiger partial charge in [0.15, 0.2) is 0 Å². The fourth-order valence-corrected chi connectivity index (χ4v) is 2.31. The van der Waals surface area contributed by atoms with Gasteiger partial charge in [0.2, 0.25) is 5.91 Å². The largest absolute Gasteiger partial charge is 0.343 e. The molecule has 0 bridgehead atoms. The Labute approximate surface area is 102 Å². The molecule has 5 heteroatoms. The van der Waals surface area contributed by atoms with Crippen molar-refractivity contribution in [2.24, 2.45) is 0 Å². The molecule has 1 amide bonds. The molecule has 2 N–H and O–H groups in total. The Bertz CT molecular complexity index is 355. The van der Waals surface area contributed by atoms with E-state index in [1.54, 1.807) is 6.92 Å². The van der Waals surface area contributed by atoms with E-state index in [1.165, 1.54) is 5.56 Å². The maximum absolute atomic E-state index is 11.2. The summed E-state index contributed by atoms with van der Waals surface area (Å²) in [5.41, 5.74) is 1.18. The highest BCUT2D eigenvalue weighted by Crippen LogP contribution is 2.16. The summed E-state index contributed by atoms with van der Waals surface area (Å²) in [5, 5.41) is 10.4.